The first-order valence-corrected chi connectivity index (χ1v) is 7.50. The van der Waals surface area contributed by atoms with Crippen molar-refractivity contribution in [1.82, 2.24) is 10.6 Å². The molecule has 0 aliphatic carbocycles. The lowest BCUT2D eigenvalue weighted by Gasteiger charge is -2.32. The minimum Gasteiger partial charge on any atom is -0.381 e. The lowest BCUT2D eigenvalue weighted by atomic mass is 9.90. The molecule has 1 saturated heterocycles. The van der Waals surface area contributed by atoms with Crippen LogP contribution in [0.25, 0.3) is 0 Å². The predicted molar refractivity (Wildman–Crippen MR) is 82.9 cm³/mol. The number of benzene rings is 1. The van der Waals surface area contributed by atoms with E-state index in [9.17, 15) is 9.59 Å². The lowest BCUT2D eigenvalue weighted by molar-refractivity contribution is -0.134. The summed E-state index contributed by atoms with van der Waals surface area (Å²) in [5.41, 5.74) is 6.16. The number of hydrogen-bond acceptors (Lipinski definition) is 4. The summed E-state index contributed by atoms with van der Waals surface area (Å²) in [6.45, 7) is 3.03. The molecule has 6 nitrogen and oxygen atoms in total. The highest BCUT2D eigenvalue weighted by atomic mass is 16.5. The summed E-state index contributed by atoms with van der Waals surface area (Å²) in [7, 11) is 0. The van der Waals surface area contributed by atoms with E-state index in [0.29, 0.717) is 32.6 Å². The van der Waals surface area contributed by atoms with Gasteiger partial charge in [0.25, 0.3) is 0 Å². The average Bonchev–Trinajstić information content (AvgIpc) is 2.54. The Balaban J connectivity index is 1.81. The molecule has 1 atom stereocenters. The smallest absolute Gasteiger partial charge is 0.242 e. The van der Waals surface area contributed by atoms with E-state index >= 15 is 0 Å². The third kappa shape index (κ3) is 4.29. The third-order valence-corrected chi connectivity index (χ3v) is 3.89. The second-order valence-corrected chi connectivity index (χ2v) is 5.67. The van der Waals surface area contributed by atoms with E-state index in [2.05, 4.69) is 10.6 Å². The Morgan fingerprint density at radius 3 is 2.55 bits per heavy atom. The highest BCUT2D eigenvalue weighted by Crippen LogP contribution is 2.17. The van der Waals surface area contributed by atoms with Crippen LogP contribution in [0.1, 0.15) is 25.3 Å². The molecule has 2 amide bonds. The largest absolute Gasteiger partial charge is 0.381 e. The molecular weight excluding hydrogens is 282 g/mol. The van der Waals surface area contributed by atoms with Crippen LogP contribution in [-0.2, 0) is 20.9 Å². The van der Waals surface area contributed by atoms with Crippen molar-refractivity contribution >= 4 is 11.8 Å². The minimum absolute atomic E-state index is 0.229. The summed E-state index contributed by atoms with van der Waals surface area (Å²) < 4.78 is 5.22. The molecular formula is C16H23N3O3. The van der Waals surface area contributed by atoms with Crippen LogP contribution >= 0.6 is 0 Å². The SMILES string of the molecule is CC(NC(=O)C1(N)CCOCC1)C(=O)NCc1ccccc1. The standard InChI is InChI=1S/C16H23N3O3/c1-12(14(20)18-11-13-5-3-2-4-6-13)19-15(21)16(17)7-9-22-10-8-16/h2-6,12H,7-11,17H2,1H3,(H,18,20)(H,19,21). The van der Waals surface area contributed by atoms with Gasteiger partial charge < -0.3 is 21.1 Å². The Hall–Kier alpha value is -1.92. The fraction of sp³-hybridized carbons (Fsp3) is 0.500. The molecule has 22 heavy (non-hydrogen) atoms. The molecule has 0 bridgehead atoms. The number of ether oxygens (including phenoxy) is 1. The number of hydrogen-bond donors (Lipinski definition) is 3. The van der Waals surface area contributed by atoms with Gasteiger partial charge in [0.15, 0.2) is 0 Å². The quantitative estimate of drug-likeness (QED) is 0.730. The molecule has 1 aromatic rings. The van der Waals surface area contributed by atoms with Gasteiger partial charge in [-0.3, -0.25) is 9.59 Å². The van der Waals surface area contributed by atoms with E-state index in [4.69, 9.17) is 10.5 Å². The van der Waals surface area contributed by atoms with Gasteiger partial charge in [0.2, 0.25) is 11.8 Å². The fourth-order valence-electron chi connectivity index (χ4n) is 2.31. The molecule has 0 radical (unpaired) electrons. The van der Waals surface area contributed by atoms with Crippen molar-refractivity contribution in [1.29, 1.82) is 0 Å². The van der Waals surface area contributed by atoms with Crippen molar-refractivity contribution in [3.05, 3.63) is 35.9 Å². The van der Waals surface area contributed by atoms with Crippen molar-refractivity contribution in [2.75, 3.05) is 13.2 Å². The van der Waals surface area contributed by atoms with Crippen molar-refractivity contribution in [2.24, 2.45) is 5.73 Å². The van der Waals surface area contributed by atoms with Gasteiger partial charge in [0.05, 0.1) is 5.54 Å². The van der Waals surface area contributed by atoms with E-state index < -0.39 is 11.6 Å². The van der Waals surface area contributed by atoms with Crippen LogP contribution in [0.3, 0.4) is 0 Å². The van der Waals surface area contributed by atoms with Gasteiger partial charge in [-0.1, -0.05) is 30.3 Å². The summed E-state index contributed by atoms with van der Waals surface area (Å²) in [6, 6.07) is 8.98. The fourth-order valence-corrected chi connectivity index (χ4v) is 2.31. The number of carbonyl (C=O) groups is 2. The second-order valence-electron chi connectivity index (χ2n) is 5.67. The predicted octanol–water partition coefficient (Wildman–Crippen LogP) is 0.315. The topological polar surface area (TPSA) is 93.5 Å². The molecule has 1 aliphatic heterocycles. The van der Waals surface area contributed by atoms with Crippen LogP contribution in [0.4, 0.5) is 0 Å². The molecule has 120 valence electrons. The van der Waals surface area contributed by atoms with E-state index in [-0.39, 0.29) is 11.8 Å². The zero-order chi connectivity index (χ0) is 16.0. The molecule has 6 heteroatoms. The second kappa shape index (κ2) is 7.38. The summed E-state index contributed by atoms with van der Waals surface area (Å²) in [6.07, 6.45) is 0.939. The average molecular weight is 305 g/mol. The van der Waals surface area contributed by atoms with E-state index in [1.807, 2.05) is 30.3 Å². The summed E-state index contributed by atoms with van der Waals surface area (Å²) in [5, 5.41) is 5.49. The Kier molecular flexibility index (Phi) is 5.51. The number of rotatable bonds is 5. The Morgan fingerprint density at radius 2 is 1.91 bits per heavy atom. The number of nitrogens with one attached hydrogen (secondary N) is 2. The van der Waals surface area contributed by atoms with Crippen molar-refractivity contribution < 1.29 is 14.3 Å². The first kappa shape index (κ1) is 16.5. The molecule has 0 spiro atoms. The van der Waals surface area contributed by atoms with Crippen LogP contribution in [-0.4, -0.2) is 36.6 Å². The minimum atomic E-state index is -0.938. The number of nitrogens with two attached hydrogens (primary N) is 1. The Labute approximate surface area is 130 Å². The molecule has 4 N–H and O–H groups in total. The zero-order valence-electron chi connectivity index (χ0n) is 12.8. The lowest BCUT2D eigenvalue weighted by Crippen LogP contribution is -2.60. The Bertz CT molecular complexity index is 513. The first-order chi connectivity index (χ1) is 10.5. The maximum Gasteiger partial charge on any atom is 0.242 e. The first-order valence-electron chi connectivity index (χ1n) is 7.50. The van der Waals surface area contributed by atoms with Gasteiger partial charge in [-0.05, 0) is 25.3 Å². The van der Waals surface area contributed by atoms with Gasteiger partial charge >= 0.3 is 0 Å². The van der Waals surface area contributed by atoms with Crippen LogP contribution in [0.15, 0.2) is 30.3 Å². The highest BCUT2D eigenvalue weighted by molar-refractivity contribution is 5.91. The maximum atomic E-state index is 12.2. The van der Waals surface area contributed by atoms with E-state index in [1.54, 1.807) is 6.92 Å². The number of amides is 2. The van der Waals surface area contributed by atoms with Crippen LogP contribution in [0.5, 0.6) is 0 Å². The van der Waals surface area contributed by atoms with Crippen molar-refractivity contribution in [2.45, 2.75) is 37.9 Å². The third-order valence-electron chi connectivity index (χ3n) is 3.89. The molecule has 0 saturated carbocycles. The number of carbonyl (C=O) groups excluding carboxylic acids is 2. The molecule has 1 heterocycles. The Morgan fingerprint density at radius 1 is 1.27 bits per heavy atom. The van der Waals surface area contributed by atoms with Gasteiger partial charge in [-0.25, -0.2) is 0 Å². The van der Waals surface area contributed by atoms with Crippen molar-refractivity contribution in [3.8, 4) is 0 Å². The molecule has 1 aromatic carbocycles. The van der Waals surface area contributed by atoms with E-state index in [0.717, 1.165) is 5.56 Å². The molecule has 1 aliphatic rings. The molecule has 2 rings (SSSR count). The van der Waals surface area contributed by atoms with Gasteiger partial charge in [0.1, 0.15) is 6.04 Å². The molecule has 0 aromatic heterocycles. The summed E-state index contributed by atoms with van der Waals surface area (Å²) >= 11 is 0. The normalized spacial score (nSPS) is 18.3. The molecule has 1 unspecified atom stereocenters. The summed E-state index contributed by atoms with van der Waals surface area (Å²) in [4.78, 5) is 24.3. The van der Waals surface area contributed by atoms with E-state index in [1.165, 1.54) is 0 Å². The maximum absolute atomic E-state index is 12.2. The molecule has 1 fully saturated rings. The van der Waals surface area contributed by atoms with Gasteiger partial charge in [-0.15, -0.1) is 0 Å². The van der Waals surface area contributed by atoms with Crippen LogP contribution < -0.4 is 16.4 Å². The summed E-state index contributed by atoms with van der Waals surface area (Å²) in [5.74, 6) is -0.522. The van der Waals surface area contributed by atoms with Gasteiger partial charge in [0, 0.05) is 19.8 Å². The highest BCUT2D eigenvalue weighted by Gasteiger charge is 2.37. The monoisotopic (exact) mass is 305 g/mol. The van der Waals surface area contributed by atoms with Crippen LogP contribution in [0, 0.1) is 0 Å². The van der Waals surface area contributed by atoms with Crippen molar-refractivity contribution in [3.63, 3.8) is 0 Å². The zero-order valence-corrected chi connectivity index (χ0v) is 12.8. The van der Waals surface area contributed by atoms with Gasteiger partial charge in [-0.2, -0.15) is 0 Å². The van der Waals surface area contributed by atoms with Crippen LogP contribution in [0.2, 0.25) is 0 Å².